The van der Waals surface area contributed by atoms with E-state index in [1.807, 2.05) is 0 Å². The van der Waals surface area contributed by atoms with Gasteiger partial charge in [0.15, 0.2) is 0 Å². The van der Waals surface area contributed by atoms with Crippen LogP contribution in [-0.2, 0) is 5.41 Å². The van der Waals surface area contributed by atoms with Crippen molar-refractivity contribution in [2.24, 2.45) is 0 Å². The average molecular weight is 303 g/mol. The third kappa shape index (κ3) is 2.61. The van der Waals surface area contributed by atoms with Crippen LogP contribution >= 0.6 is 0 Å². The molecule has 2 nitrogen and oxygen atoms in total. The normalized spacial score (nSPS) is 20.4. The van der Waals surface area contributed by atoms with Crippen molar-refractivity contribution in [1.82, 2.24) is 0 Å². The molecule has 2 rings (SSSR count). The molecule has 0 fully saturated rings. The van der Waals surface area contributed by atoms with Crippen LogP contribution in [0.25, 0.3) is 0 Å². The Kier molecular flexibility index (Phi) is 3.64. The molecule has 0 saturated carbocycles. The van der Waals surface area contributed by atoms with Gasteiger partial charge in [-0.3, -0.25) is 0 Å². The highest BCUT2D eigenvalue weighted by Crippen LogP contribution is 2.49. The minimum atomic E-state index is -0.260. The lowest BCUT2D eigenvalue weighted by Gasteiger charge is -2.59. The fraction of sp³-hybridized carbons (Fsp3) is 0.700. The van der Waals surface area contributed by atoms with Crippen molar-refractivity contribution in [2.75, 3.05) is 4.90 Å². The summed E-state index contributed by atoms with van der Waals surface area (Å²) >= 11 is 0. The molecule has 2 heteroatoms. The van der Waals surface area contributed by atoms with E-state index in [0.29, 0.717) is 0 Å². The van der Waals surface area contributed by atoms with E-state index in [1.165, 1.54) is 11.3 Å². The van der Waals surface area contributed by atoms with Gasteiger partial charge in [-0.2, -0.15) is 0 Å². The lowest BCUT2D eigenvalue weighted by Crippen LogP contribution is -2.68. The van der Waals surface area contributed by atoms with Gasteiger partial charge in [-0.05, 0) is 71.6 Å². The third-order valence-corrected chi connectivity index (χ3v) is 5.14. The molecule has 1 aliphatic rings. The molecule has 124 valence electrons. The molecular formula is C20H33NO. The summed E-state index contributed by atoms with van der Waals surface area (Å²) in [7, 11) is 0. The molecule has 0 aromatic heterocycles. The van der Waals surface area contributed by atoms with Gasteiger partial charge < -0.3 is 9.64 Å². The second kappa shape index (κ2) is 4.66. The number of hydrogen-bond acceptors (Lipinski definition) is 2. The van der Waals surface area contributed by atoms with Crippen molar-refractivity contribution < 1.29 is 4.74 Å². The Morgan fingerprint density at radius 2 is 1.45 bits per heavy atom. The van der Waals surface area contributed by atoms with Gasteiger partial charge in [-0.15, -0.1) is 0 Å². The van der Waals surface area contributed by atoms with Crippen molar-refractivity contribution >= 4 is 5.69 Å². The van der Waals surface area contributed by atoms with E-state index in [0.717, 1.165) is 5.75 Å². The predicted molar refractivity (Wildman–Crippen MR) is 96.2 cm³/mol. The Bertz CT molecular complexity index is 570. The van der Waals surface area contributed by atoms with Crippen molar-refractivity contribution in [2.45, 2.75) is 91.3 Å². The summed E-state index contributed by atoms with van der Waals surface area (Å²) in [6, 6.07) is 6.71. The van der Waals surface area contributed by atoms with Gasteiger partial charge in [0.25, 0.3) is 0 Å². The van der Waals surface area contributed by atoms with Gasteiger partial charge in [0.05, 0.1) is 11.2 Å². The maximum Gasteiger partial charge on any atom is 0.143 e. The van der Waals surface area contributed by atoms with E-state index in [-0.39, 0.29) is 22.1 Å². The zero-order chi connectivity index (χ0) is 17.1. The van der Waals surface area contributed by atoms with E-state index in [2.05, 4.69) is 92.3 Å². The minimum absolute atomic E-state index is 0.0303. The largest absolute Gasteiger partial charge is 0.483 e. The lowest BCUT2D eigenvalue weighted by molar-refractivity contribution is 0.0126. The summed E-state index contributed by atoms with van der Waals surface area (Å²) < 4.78 is 6.45. The van der Waals surface area contributed by atoms with Crippen LogP contribution in [0.5, 0.6) is 5.75 Å². The molecule has 1 aromatic carbocycles. The van der Waals surface area contributed by atoms with Crippen LogP contribution in [0.15, 0.2) is 18.2 Å². The van der Waals surface area contributed by atoms with Gasteiger partial charge >= 0.3 is 0 Å². The molecule has 0 saturated heterocycles. The summed E-state index contributed by atoms with van der Waals surface area (Å²) in [5.41, 5.74) is 2.32. The zero-order valence-corrected chi connectivity index (χ0v) is 16.1. The number of fused-ring (bicyclic) bond motifs is 1. The summed E-state index contributed by atoms with van der Waals surface area (Å²) in [6.45, 7) is 22.5. The summed E-state index contributed by atoms with van der Waals surface area (Å²) in [4.78, 5) is 2.52. The van der Waals surface area contributed by atoms with E-state index >= 15 is 0 Å². The number of nitrogens with zero attached hydrogens (tertiary/aromatic N) is 1. The standard InChI is InChI=1S/C20H33NO/c1-17(2,3)14-11-12-15-16(13-14)22-20(9,10)19(7,8)21(15)18(4,5)6/h11-13H,1-10H3. The molecule has 0 unspecified atom stereocenters. The topological polar surface area (TPSA) is 12.5 Å². The molecule has 0 aliphatic carbocycles. The van der Waals surface area contributed by atoms with Crippen LogP contribution < -0.4 is 9.64 Å². The quantitative estimate of drug-likeness (QED) is 0.624. The van der Waals surface area contributed by atoms with Gasteiger partial charge in [0, 0.05) is 5.54 Å². The number of hydrogen-bond donors (Lipinski definition) is 0. The monoisotopic (exact) mass is 303 g/mol. The van der Waals surface area contributed by atoms with Crippen LogP contribution in [0.4, 0.5) is 5.69 Å². The molecule has 1 aromatic rings. The number of rotatable bonds is 0. The van der Waals surface area contributed by atoms with Crippen molar-refractivity contribution in [3.8, 4) is 5.75 Å². The van der Waals surface area contributed by atoms with Crippen LogP contribution in [0.1, 0.15) is 74.8 Å². The van der Waals surface area contributed by atoms with Gasteiger partial charge in [-0.25, -0.2) is 0 Å². The molecule has 0 amide bonds. The lowest BCUT2D eigenvalue weighted by atomic mass is 9.78. The molecule has 0 N–H and O–H groups in total. The van der Waals surface area contributed by atoms with Crippen LogP contribution in [-0.4, -0.2) is 16.7 Å². The number of benzene rings is 1. The first-order valence-electron chi connectivity index (χ1n) is 8.32. The fourth-order valence-corrected chi connectivity index (χ4v) is 3.42. The highest BCUT2D eigenvalue weighted by molar-refractivity contribution is 5.66. The van der Waals surface area contributed by atoms with Gasteiger partial charge in [0.2, 0.25) is 0 Å². The highest BCUT2D eigenvalue weighted by atomic mass is 16.5. The molecular weight excluding hydrogens is 270 g/mol. The van der Waals surface area contributed by atoms with Gasteiger partial charge in [0.1, 0.15) is 11.4 Å². The summed E-state index contributed by atoms with van der Waals surface area (Å²) in [5.74, 6) is 1.01. The Morgan fingerprint density at radius 1 is 0.909 bits per heavy atom. The molecule has 1 heterocycles. The minimum Gasteiger partial charge on any atom is -0.483 e. The maximum absolute atomic E-state index is 6.45. The van der Waals surface area contributed by atoms with Crippen LogP contribution in [0.3, 0.4) is 0 Å². The summed E-state index contributed by atoms with van der Waals surface area (Å²) in [6.07, 6.45) is 0. The first-order valence-corrected chi connectivity index (χ1v) is 8.32. The Balaban J connectivity index is 2.68. The zero-order valence-electron chi connectivity index (χ0n) is 16.1. The van der Waals surface area contributed by atoms with E-state index in [1.54, 1.807) is 0 Å². The van der Waals surface area contributed by atoms with E-state index < -0.39 is 0 Å². The third-order valence-electron chi connectivity index (χ3n) is 5.14. The van der Waals surface area contributed by atoms with E-state index in [4.69, 9.17) is 4.74 Å². The van der Waals surface area contributed by atoms with Crippen molar-refractivity contribution in [3.05, 3.63) is 23.8 Å². The summed E-state index contributed by atoms with van der Waals surface area (Å²) in [5, 5.41) is 0. The molecule has 1 aliphatic heterocycles. The first-order chi connectivity index (χ1) is 9.68. The Morgan fingerprint density at radius 3 is 1.91 bits per heavy atom. The maximum atomic E-state index is 6.45. The second-order valence-electron chi connectivity index (χ2n) is 9.61. The van der Waals surface area contributed by atoms with Crippen LogP contribution in [0, 0.1) is 0 Å². The smallest absolute Gasteiger partial charge is 0.143 e. The first kappa shape index (κ1) is 17.2. The predicted octanol–water partition coefficient (Wildman–Crippen LogP) is 5.54. The van der Waals surface area contributed by atoms with Gasteiger partial charge in [-0.1, -0.05) is 26.8 Å². The second-order valence-corrected chi connectivity index (χ2v) is 9.61. The van der Waals surface area contributed by atoms with E-state index in [9.17, 15) is 0 Å². The molecule has 0 radical (unpaired) electrons. The van der Waals surface area contributed by atoms with Crippen LogP contribution in [0.2, 0.25) is 0 Å². The van der Waals surface area contributed by atoms with Crippen molar-refractivity contribution in [1.29, 1.82) is 0 Å². The molecule has 0 spiro atoms. The Hall–Kier alpha value is -1.18. The molecule has 0 atom stereocenters. The molecule has 0 bridgehead atoms. The SMILES string of the molecule is CC(C)(C)c1ccc2c(c1)OC(C)(C)C(C)(C)N2C(C)(C)C. The highest BCUT2D eigenvalue weighted by Gasteiger charge is 2.51. The van der Waals surface area contributed by atoms with Crippen molar-refractivity contribution in [3.63, 3.8) is 0 Å². The average Bonchev–Trinajstić information content (AvgIpc) is 2.25. The fourth-order valence-electron chi connectivity index (χ4n) is 3.42. The molecule has 22 heavy (non-hydrogen) atoms. The number of ether oxygens (including phenoxy) is 1. The number of anilines is 1. The Labute approximate surface area is 136 Å².